The molecule has 1 saturated heterocycles. The molecule has 3 rings (SSSR count). The molecule has 1 heterocycles. The van der Waals surface area contributed by atoms with Crippen molar-refractivity contribution in [2.45, 2.75) is 44.8 Å². The summed E-state index contributed by atoms with van der Waals surface area (Å²) in [4.78, 5) is 12.8. The van der Waals surface area contributed by atoms with E-state index in [1.807, 2.05) is 37.3 Å². The first-order valence-electron chi connectivity index (χ1n) is 9.30. The number of halogens is 1. The SMILES string of the molecule is CCOC(=O)[C@@]1(c2cc(F)cc(OCc3ccccc3)c2)CCO[C@@H](C)C1. The van der Waals surface area contributed by atoms with E-state index in [-0.39, 0.29) is 18.7 Å². The van der Waals surface area contributed by atoms with Crippen molar-refractivity contribution in [1.82, 2.24) is 0 Å². The van der Waals surface area contributed by atoms with E-state index in [0.29, 0.717) is 37.4 Å². The van der Waals surface area contributed by atoms with E-state index in [9.17, 15) is 9.18 Å². The third-order valence-electron chi connectivity index (χ3n) is 4.91. The maximum absolute atomic E-state index is 14.4. The average molecular weight is 372 g/mol. The average Bonchev–Trinajstić information content (AvgIpc) is 2.67. The molecule has 0 unspecified atom stereocenters. The van der Waals surface area contributed by atoms with Gasteiger partial charge in [0.15, 0.2) is 0 Å². The summed E-state index contributed by atoms with van der Waals surface area (Å²) in [5, 5.41) is 0. The van der Waals surface area contributed by atoms with Gasteiger partial charge in [0.2, 0.25) is 0 Å². The van der Waals surface area contributed by atoms with Crippen LogP contribution in [0.5, 0.6) is 5.75 Å². The van der Waals surface area contributed by atoms with Crippen molar-refractivity contribution in [3.05, 3.63) is 65.5 Å². The van der Waals surface area contributed by atoms with Crippen LogP contribution in [0.1, 0.15) is 37.8 Å². The molecule has 1 fully saturated rings. The highest BCUT2D eigenvalue weighted by Crippen LogP contribution is 2.40. The molecule has 0 spiro atoms. The van der Waals surface area contributed by atoms with Crippen LogP contribution in [0.3, 0.4) is 0 Å². The van der Waals surface area contributed by atoms with Crippen LogP contribution >= 0.6 is 0 Å². The third kappa shape index (κ3) is 4.48. The summed E-state index contributed by atoms with van der Waals surface area (Å²) in [7, 11) is 0. The van der Waals surface area contributed by atoms with Gasteiger partial charge >= 0.3 is 5.97 Å². The molecule has 144 valence electrons. The molecule has 1 aliphatic rings. The Kier molecular flexibility index (Phi) is 6.11. The lowest BCUT2D eigenvalue weighted by molar-refractivity contribution is -0.156. The summed E-state index contributed by atoms with van der Waals surface area (Å²) in [5.41, 5.74) is 0.656. The second-order valence-electron chi connectivity index (χ2n) is 6.89. The summed E-state index contributed by atoms with van der Waals surface area (Å²) < 4.78 is 31.1. The van der Waals surface area contributed by atoms with Gasteiger partial charge in [0.25, 0.3) is 0 Å². The lowest BCUT2D eigenvalue weighted by atomic mass is 9.72. The van der Waals surface area contributed by atoms with Crippen LogP contribution in [0.4, 0.5) is 4.39 Å². The van der Waals surface area contributed by atoms with Crippen LogP contribution in [-0.4, -0.2) is 25.3 Å². The summed E-state index contributed by atoms with van der Waals surface area (Å²) in [6, 6.07) is 14.2. The molecular formula is C22H25FO4. The maximum atomic E-state index is 14.4. The van der Waals surface area contributed by atoms with Crippen LogP contribution < -0.4 is 4.74 Å². The Labute approximate surface area is 159 Å². The fraction of sp³-hybridized carbons (Fsp3) is 0.409. The molecule has 0 saturated carbocycles. The molecule has 0 bridgehead atoms. The van der Waals surface area contributed by atoms with Gasteiger partial charge in [0.1, 0.15) is 18.2 Å². The first-order valence-corrected chi connectivity index (χ1v) is 9.30. The van der Waals surface area contributed by atoms with Gasteiger partial charge in [0, 0.05) is 12.7 Å². The van der Waals surface area contributed by atoms with Gasteiger partial charge < -0.3 is 14.2 Å². The van der Waals surface area contributed by atoms with E-state index in [0.717, 1.165) is 5.56 Å². The number of esters is 1. The number of carbonyl (C=O) groups excluding carboxylic acids is 1. The molecule has 0 radical (unpaired) electrons. The number of rotatable bonds is 6. The van der Waals surface area contributed by atoms with Crippen molar-refractivity contribution in [2.24, 2.45) is 0 Å². The van der Waals surface area contributed by atoms with Gasteiger partial charge in [0.05, 0.1) is 18.1 Å². The van der Waals surface area contributed by atoms with Gasteiger partial charge in [-0.2, -0.15) is 0 Å². The van der Waals surface area contributed by atoms with Gasteiger partial charge in [-0.3, -0.25) is 4.79 Å². The molecule has 2 atom stereocenters. The lowest BCUT2D eigenvalue weighted by Gasteiger charge is -2.38. The zero-order valence-electron chi connectivity index (χ0n) is 15.7. The topological polar surface area (TPSA) is 44.8 Å². The molecule has 0 aromatic heterocycles. The number of hydrogen-bond acceptors (Lipinski definition) is 4. The maximum Gasteiger partial charge on any atom is 0.316 e. The van der Waals surface area contributed by atoms with Crippen LogP contribution in [0, 0.1) is 5.82 Å². The predicted octanol–water partition coefficient (Wildman–Crippen LogP) is 4.40. The minimum atomic E-state index is -0.916. The van der Waals surface area contributed by atoms with Crippen LogP contribution in [0.2, 0.25) is 0 Å². The third-order valence-corrected chi connectivity index (χ3v) is 4.91. The van der Waals surface area contributed by atoms with E-state index in [1.165, 1.54) is 12.1 Å². The van der Waals surface area contributed by atoms with Crippen molar-refractivity contribution in [3.8, 4) is 5.75 Å². The molecule has 1 aliphatic heterocycles. The van der Waals surface area contributed by atoms with Crippen molar-refractivity contribution in [3.63, 3.8) is 0 Å². The molecular weight excluding hydrogens is 347 g/mol. The molecule has 4 nitrogen and oxygen atoms in total. The van der Waals surface area contributed by atoms with E-state index in [2.05, 4.69) is 0 Å². The predicted molar refractivity (Wildman–Crippen MR) is 100 cm³/mol. The highest BCUT2D eigenvalue weighted by Gasteiger charge is 2.45. The smallest absolute Gasteiger partial charge is 0.316 e. The van der Waals surface area contributed by atoms with Crippen molar-refractivity contribution >= 4 is 5.97 Å². The molecule has 27 heavy (non-hydrogen) atoms. The number of ether oxygens (including phenoxy) is 3. The van der Waals surface area contributed by atoms with Crippen molar-refractivity contribution < 1.29 is 23.4 Å². The summed E-state index contributed by atoms with van der Waals surface area (Å²) >= 11 is 0. The van der Waals surface area contributed by atoms with Gasteiger partial charge in [-0.25, -0.2) is 4.39 Å². The number of carbonyl (C=O) groups is 1. The summed E-state index contributed by atoms with van der Waals surface area (Å²) in [5.74, 6) is -0.366. The van der Waals surface area contributed by atoms with Crippen LogP contribution in [0.15, 0.2) is 48.5 Å². The van der Waals surface area contributed by atoms with E-state index < -0.39 is 11.2 Å². The van der Waals surface area contributed by atoms with E-state index >= 15 is 0 Å². The fourth-order valence-electron chi connectivity index (χ4n) is 3.58. The number of benzene rings is 2. The van der Waals surface area contributed by atoms with Gasteiger partial charge in [-0.15, -0.1) is 0 Å². The normalized spacial score (nSPS) is 22.3. The minimum Gasteiger partial charge on any atom is -0.489 e. The van der Waals surface area contributed by atoms with Crippen molar-refractivity contribution in [2.75, 3.05) is 13.2 Å². The molecule has 2 aromatic carbocycles. The fourth-order valence-corrected chi connectivity index (χ4v) is 3.58. The van der Waals surface area contributed by atoms with Crippen LogP contribution in [0.25, 0.3) is 0 Å². The Morgan fingerprint density at radius 2 is 2.04 bits per heavy atom. The first kappa shape index (κ1) is 19.4. The van der Waals surface area contributed by atoms with Crippen molar-refractivity contribution in [1.29, 1.82) is 0 Å². The highest BCUT2D eigenvalue weighted by atomic mass is 19.1. The Balaban J connectivity index is 1.90. The number of hydrogen-bond donors (Lipinski definition) is 0. The Morgan fingerprint density at radius 1 is 1.26 bits per heavy atom. The zero-order chi connectivity index (χ0) is 19.3. The molecule has 5 heteroatoms. The largest absolute Gasteiger partial charge is 0.489 e. The molecule has 2 aromatic rings. The van der Waals surface area contributed by atoms with Crippen LogP contribution in [-0.2, 0) is 26.3 Å². The van der Waals surface area contributed by atoms with E-state index in [1.54, 1.807) is 13.0 Å². The van der Waals surface area contributed by atoms with E-state index in [4.69, 9.17) is 14.2 Å². The van der Waals surface area contributed by atoms with Gasteiger partial charge in [-0.05, 0) is 49.9 Å². The Hall–Kier alpha value is -2.40. The monoisotopic (exact) mass is 372 g/mol. The molecule has 0 amide bonds. The first-order chi connectivity index (χ1) is 13.0. The second-order valence-corrected chi connectivity index (χ2v) is 6.89. The molecule has 0 aliphatic carbocycles. The minimum absolute atomic E-state index is 0.111. The van der Waals surface area contributed by atoms with Gasteiger partial charge in [-0.1, -0.05) is 30.3 Å². The Bertz CT molecular complexity index is 777. The Morgan fingerprint density at radius 3 is 2.74 bits per heavy atom. The summed E-state index contributed by atoms with van der Waals surface area (Å²) in [6.07, 6.45) is 0.797. The summed E-state index contributed by atoms with van der Waals surface area (Å²) in [6.45, 7) is 4.72. The highest BCUT2D eigenvalue weighted by molar-refractivity contribution is 5.83. The zero-order valence-corrected chi connectivity index (χ0v) is 15.7. The molecule has 0 N–H and O–H groups in total. The second kappa shape index (κ2) is 8.53. The standard InChI is InChI=1S/C22H25FO4/c1-3-25-21(24)22(9-10-26-16(2)14-22)18-11-19(23)13-20(12-18)27-15-17-7-5-4-6-8-17/h4-8,11-13,16H,3,9-10,14-15H2,1-2H3/t16-,22-/m0/s1. The quantitative estimate of drug-likeness (QED) is 0.705. The lowest BCUT2D eigenvalue weighted by Crippen LogP contribution is -2.45.